The lowest BCUT2D eigenvalue weighted by Gasteiger charge is -2.33. The molecule has 5 heteroatoms. The van der Waals surface area contributed by atoms with Gasteiger partial charge in [0.2, 0.25) is 0 Å². The number of para-hydroxylation sites is 4. The topological polar surface area (TPSA) is 44.9 Å². The number of fused-ring (bicyclic) bond motifs is 6. The van der Waals surface area contributed by atoms with Crippen LogP contribution in [-0.4, -0.2) is 9.55 Å². The summed E-state index contributed by atoms with van der Waals surface area (Å²) in [5.74, 6) is 0. The van der Waals surface area contributed by atoms with Crippen LogP contribution in [0, 0.1) is 11.3 Å². The number of rotatable bonds is 2. The first-order valence-corrected chi connectivity index (χ1v) is 12.9. The number of hydrogen-bond donors (Lipinski definition) is 0. The molecule has 0 aliphatic carbocycles. The van der Waals surface area contributed by atoms with E-state index in [4.69, 9.17) is 4.98 Å². The zero-order valence-electron chi connectivity index (χ0n) is 19.6. The van der Waals surface area contributed by atoms with Gasteiger partial charge >= 0.3 is 0 Å². The van der Waals surface area contributed by atoms with E-state index in [0.717, 1.165) is 32.2 Å². The standard InChI is InChI=1S/C32H18N4S/c33-19-20-12-17-25-30(18-20)37-32(34-25)21-13-15-22(16-14-21)35-27-9-3-4-10-28(27)36-26-8-2-1-6-23(26)24-7-5-11-29(35)31(24)36/h1-18H. The molecule has 2 aromatic heterocycles. The van der Waals surface area contributed by atoms with Gasteiger partial charge in [-0.05, 0) is 66.7 Å². The number of benzene rings is 5. The molecule has 0 saturated heterocycles. The summed E-state index contributed by atoms with van der Waals surface area (Å²) in [6.07, 6.45) is 0. The van der Waals surface area contributed by atoms with E-state index in [1.165, 1.54) is 33.2 Å². The minimum absolute atomic E-state index is 0.661. The van der Waals surface area contributed by atoms with Crippen molar-refractivity contribution in [3.63, 3.8) is 0 Å². The molecule has 5 aromatic carbocycles. The van der Waals surface area contributed by atoms with Gasteiger partial charge in [-0.2, -0.15) is 5.26 Å². The van der Waals surface area contributed by atoms with Crippen molar-refractivity contribution < 1.29 is 0 Å². The zero-order valence-corrected chi connectivity index (χ0v) is 20.4. The number of aromatic nitrogens is 2. The van der Waals surface area contributed by atoms with Gasteiger partial charge in [-0.3, -0.25) is 0 Å². The van der Waals surface area contributed by atoms with Gasteiger partial charge in [0, 0.05) is 22.0 Å². The van der Waals surface area contributed by atoms with E-state index in [1.807, 2.05) is 18.2 Å². The van der Waals surface area contributed by atoms with Crippen molar-refractivity contribution in [3.8, 4) is 22.3 Å². The van der Waals surface area contributed by atoms with Crippen molar-refractivity contribution in [1.82, 2.24) is 9.55 Å². The average Bonchev–Trinajstić information content (AvgIpc) is 3.54. The molecule has 37 heavy (non-hydrogen) atoms. The maximum atomic E-state index is 9.23. The van der Waals surface area contributed by atoms with Crippen LogP contribution in [0.3, 0.4) is 0 Å². The van der Waals surface area contributed by atoms with Crippen LogP contribution >= 0.6 is 11.3 Å². The Labute approximate surface area is 216 Å². The Morgan fingerprint density at radius 2 is 1.46 bits per heavy atom. The average molecular weight is 491 g/mol. The van der Waals surface area contributed by atoms with Gasteiger partial charge < -0.3 is 9.47 Å². The van der Waals surface area contributed by atoms with E-state index >= 15 is 0 Å². The molecule has 0 unspecified atom stereocenters. The molecule has 7 aromatic rings. The summed E-state index contributed by atoms with van der Waals surface area (Å²) in [6, 6.07) is 40.4. The molecule has 0 N–H and O–H groups in total. The Morgan fingerprint density at radius 1 is 0.703 bits per heavy atom. The highest BCUT2D eigenvalue weighted by Gasteiger charge is 2.28. The second kappa shape index (κ2) is 7.54. The van der Waals surface area contributed by atoms with Crippen LogP contribution in [0.2, 0.25) is 0 Å². The van der Waals surface area contributed by atoms with E-state index in [0.29, 0.717) is 5.56 Å². The third-order valence-corrected chi connectivity index (χ3v) is 8.24. The maximum Gasteiger partial charge on any atom is 0.124 e. The SMILES string of the molecule is N#Cc1ccc2nc(-c3ccc(N4c5ccccc5-n5c6ccccc6c6cccc4c65)cc3)sc2c1. The maximum absolute atomic E-state index is 9.23. The number of hydrogen-bond acceptors (Lipinski definition) is 4. The fourth-order valence-electron chi connectivity index (χ4n) is 5.55. The lowest BCUT2D eigenvalue weighted by molar-refractivity contribution is 1.11. The van der Waals surface area contributed by atoms with Crippen molar-refractivity contribution in [3.05, 3.63) is 115 Å². The van der Waals surface area contributed by atoms with Crippen LogP contribution in [0.25, 0.3) is 48.3 Å². The van der Waals surface area contributed by atoms with E-state index in [9.17, 15) is 5.26 Å². The monoisotopic (exact) mass is 490 g/mol. The number of anilines is 3. The summed E-state index contributed by atoms with van der Waals surface area (Å²) in [5.41, 5.74) is 9.71. The molecule has 0 saturated carbocycles. The van der Waals surface area contributed by atoms with E-state index in [2.05, 4.69) is 107 Å². The van der Waals surface area contributed by atoms with Crippen molar-refractivity contribution in [2.75, 3.05) is 4.90 Å². The molecule has 1 aliphatic heterocycles. The third kappa shape index (κ3) is 2.85. The fourth-order valence-corrected chi connectivity index (χ4v) is 6.56. The summed E-state index contributed by atoms with van der Waals surface area (Å²) in [5, 5.41) is 12.7. The highest BCUT2D eigenvalue weighted by Crippen LogP contribution is 2.49. The quantitative estimate of drug-likeness (QED) is 0.243. The summed E-state index contributed by atoms with van der Waals surface area (Å²) in [4.78, 5) is 7.17. The van der Waals surface area contributed by atoms with E-state index in [1.54, 1.807) is 11.3 Å². The van der Waals surface area contributed by atoms with Crippen molar-refractivity contribution in [2.45, 2.75) is 0 Å². The van der Waals surface area contributed by atoms with Crippen LogP contribution in [0.15, 0.2) is 109 Å². The first kappa shape index (κ1) is 20.3. The first-order chi connectivity index (χ1) is 18.3. The number of nitrogens with zero attached hydrogens (tertiary/aromatic N) is 4. The molecule has 172 valence electrons. The van der Waals surface area contributed by atoms with Crippen LogP contribution in [-0.2, 0) is 0 Å². The Balaban J connectivity index is 1.31. The molecule has 8 rings (SSSR count). The second-order valence-corrected chi connectivity index (χ2v) is 10.2. The first-order valence-electron chi connectivity index (χ1n) is 12.1. The minimum Gasteiger partial charge on any atom is -0.306 e. The molecule has 4 nitrogen and oxygen atoms in total. The predicted octanol–water partition coefficient (Wildman–Crippen LogP) is 8.72. The number of thiazole rings is 1. The van der Waals surface area contributed by atoms with Crippen LogP contribution in [0.4, 0.5) is 17.1 Å². The third-order valence-electron chi connectivity index (χ3n) is 7.17. The molecule has 1 aliphatic rings. The van der Waals surface area contributed by atoms with Crippen molar-refractivity contribution >= 4 is 60.4 Å². The largest absolute Gasteiger partial charge is 0.306 e. The second-order valence-electron chi connectivity index (χ2n) is 9.21. The van der Waals surface area contributed by atoms with E-state index < -0.39 is 0 Å². The van der Waals surface area contributed by atoms with Gasteiger partial charge in [0.1, 0.15) is 5.01 Å². The lowest BCUT2D eigenvalue weighted by atomic mass is 10.1. The van der Waals surface area contributed by atoms with Gasteiger partial charge in [0.25, 0.3) is 0 Å². The van der Waals surface area contributed by atoms with Gasteiger partial charge in [0.15, 0.2) is 0 Å². The van der Waals surface area contributed by atoms with Gasteiger partial charge in [0.05, 0.1) is 49.9 Å². The Morgan fingerprint density at radius 3 is 2.32 bits per heavy atom. The lowest BCUT2D eigenvalue weighted by Crippen LogP contribution is -2.17. The van der Waals surface area contributed by atoms with Crippen molar-refractivity contribution in [1.29, 1.82) is 5.26 Å². The Hall–Kier alpha value is -4.92. The highest BCUT2D eigenvalue weighted by atomic mass is 32.1. The smallest absolute Gasteiger partial charge is 0.124 e. The summed E-state index contributed by atoms with van der Waals surface area (Å²) < 4.78 is 3.43. The summed E-state index contributed by atoms with van der Waals surface area (Å²) in [6.45, 7) is 0. The molecule has 3 heterocycles. The molecule has 0 radical (unpaired) electrons. The molecular weight excluding hydrogens is 472 g/mol. The summed E-state index contributed by atoms with van der Waals surface area (Å²) in [7, 11) is 0. The molecule has 0 amide bonds. The molecule has 0 bridgehead atoms. The fraction of sp³-hybridized carbons (Fsp3) is 0. The van der Waals surface area contributed by atoms with Crippen LogP contribution in [0.5, 0.6) is 0 Å². The van der Waals surface area contributed by atoms with Crippen LogP contribution < -0.4 is 4.90 Å². The Kier molecular flexibility index (Phi) is 4.13. The molecule has 0 atom stereocenters. The molecule has 0 fully saturated rings. The molecular formula is C32H18N4S. The predicted molar refractivity (Wildman–Crippen MR) is 152 cm³/mol. The van der Waals surface area contributed by atoms with Gasteiger partial charge in [-0.1, -0.05) is 42.5 Å². The minimum atomic E-state index is 0.661. The van der Waals surface area contributed by atoms with Crippen molar-refractivity contribution in [2.24, 2.45) is 0 Å². The van der Waals surface area contributed by atoms with E-state index in [-0.39, 0.29) is 0 Å². The van der Waals surface area contributed by atoms with Crippen LogP contribution in [0.1, 0.15) is 5.56 Å². The zero-order chi connectivity index (χ0) is 24.5. The normalized spacial score (nSPS) is 12.2. The number of nitriles is 1. The highest BCUT2D eigenvalue weighted by molar-refractivity contribution is 7.21. The Bertz CT molecular complexity index is 2060. The summed E-state index contributed by atoms with van der Waals surface area (Å²) >= 11 is 1.62. The van der Waals surface area contributed by atoms with Gasteiger partial charge in [-0.25, -0.2) is 4.98 Å². The van der Waals surface area contributed by atoms with Gasteiger partial charge in [-0.15, -0.1) is 11.3 Å². The molecule has 0 spiro atoms.